The number of hydrogen-bond acceptors (Lipinski definition) is 4. The summed E-state index contributed by atoms with van der Waals surface area (Å²) in [7, 11) is 0. The van der Waals surface area contributed by atoms with Gasteiger partial charge in [0.1, 0.15) is 5.60 Å². The molecule has 0 fully saturated rings. The summed E-state index contributed by atoms with van der Waals surface area (Å²) in [5.41, 5.74) is -0.858. The minimum atomic E-state index is -0.858. The van der Waals surface area contributed by atoms with Crippen molar-refractivity contribution in [2.45, 2.75) is 38.9 Å². The van der Waals surface area contributed by atoms with E-state index in [2.05, 4.69) is 9.93 Å². The van der Waals surface area contributed by atoms with E-state index in [4.69, 9.17) is 5.26 Å². The van der Waals surface area contributed by atoms with Crippen molar-refractivity contribution >= 4 is 0 Å². The fraction of sp³-hybridized carbons (Fsp3) is 1.00. The molecule has 0 saturated carbocycles. The van der Waals surface area contributed by atoms with Gasteiger partial charge >= 0.3 is 0 Å². The zero-order chi connectivity index (χ0) is 8.20. The standard InChI is InChI=1S/C6H14O4/c1-4-5(7)6(2,3)9-10-8/h5,7-8H,4H2,1-3H3. The Morgan fingerprint density at radius 1 is 1.50 bits per heavy atom. The molecule has 0 aromatic carbocycles. The molecule has 4 heteroatoms. The van der Waals surface area contributed by atoms with Gasteiger partial charge < -0.3 is 5.11 Å². The zero-order valence-electron chi connectivity index (χ0n) is 6.50. The van der Waals surface area contributed by atoms with Crippen molar-refractivity contribution in [1.29, 1.82) is 0 Å². The van der Waals surface area contributed by atoms with Crippen LogP contribution in [0.2, 0.25) is 0 Å². The van der Waals surface area contributed by atoms with Gasteiger partial charge in [-0.25, -0.2) is 5.26 Å². The van der Waals surface area contributed by atoms with Crippen LogP contribution >= 0.6 is 0 Å². The van der Waals surface area contributed by atoms with E-state index < -0.39 is 11.7 Å². The normalized spacial score (nSPS) is 15.3. The first-order chi connectivity index (χ1) is 4.54. The largest absolute Gasteiger partial charge is 0.390 e. The van der Waals surface area contributed by atoms with Gasteiger partial charge in [0.2, 0.25) is 0 Å². The lowest BCUT2D eigenvalue weighted by atomic mass is 10.0. The molecule has 0 radical (unpaired) electrons. The van der Waals surface area contributed by atoms with Crippen LogP contribution in [0.5, 0.6) is 0 Å². The second-order valence-electron chi connectivity index (χ2n) is 2.69. The van der Waals surface area contributed by atoms with Crippen LogP contribution in [0, 0.1) is 0 Å². The molecule has 10 heavy (non-hydrogen) atoms. The summed E-state index contributed by atoms with van der Waals surface area (Å²) in [6.45, 7) is 5.06. The highest BCUT2D eigenvalue weighted by atomic mass is 17.5. The minimum absolute atomic E-state index is 0.552. The summed E-state index contributed by atoms with van der Waals surface area (Å²) in [5.74, 6) is 0. The van der Waals surface area contributed by atoms with Crippen molar-refractivity contribution in [3.63, 3.8) is 0 Å². The summed E-state index contributed by atoms with van der Waals surface area (Å²) in [4.78, 5) is 4.39. The highest BCUT2D eigenvalue weighted by molar-refractivity contribution is 4.75. The molecule has 0 spiro atoms. The molecule has 0 aromatic rings. The van der Waals surface area contributed by atoms with Crippen LogP contribution in [0.3, 0.4) is 0 Å². The van der Waals surface area contributed by atoms with E-state index in [0.29, 0.717) is 6.42 Å². The molecular weight excluding hydrogens is 136 g/mol. The molecule has 0 aliphatic heterocycles. The lowest BCUT2D eigenvalue weighted by Crippen LogP contribution is -2.38. The van der Waals surface area contributed by atoms with Crippen LogP contribution in [-0.2, 0) is 9.93 Å². The molecule has 0 heterocycles. The average molecular weight is 150 g/mol. The van der Waals surface area contributed by atoms with Crippen LogP contribution in [0.4, 0.5) is 0 Å². The van der Waals surface area contributed by atoms with E-state index in [9.17, 15) is 5.11 Å². The lowest BCUT2D eigenvalue weighted by Gasteiger charge is -2.26. The smallest absolute Gasteiger partial charge is 0.127 e. The molecule has 1 unspecified atom stereocenters. The van der Waals surface area contributed by atoms with Crippen LogP contribution in [-0.4, -0.2) is 22.1 Å². The minimum Gasteiger partial charge on any atom is -0.390 e. The highest BCUT2D eigenvalue weighted by Gasteiger charge is 2.28. The molecule has 1 atom stereocenters. The molecule has 2 N–H and O–H groups in total. The van der Waals surface area contributed by atoms with Crippen LogP contribution in [0.1, 0.15) is 27.2 Å². The molecule has 0 aliphatic carbocycles. The molecule has 0 amide bonds. The van der Waals surface area contributed by atoms with Crippen molar-refractivity contribution in [1.82, 2.24) is 0 Å². The molecule has 0 aromatic heterocycles. The number of hydrogen-bond donors (Lipinski definition) is 2. The van der Waals surface area contributed by atoms with E-state index >= 15 is 0 Å². The van der Waals surface area contributed by atoms with E-state index in [0.717, 1.165) is 0 Å². The van der Waals surface area contributed by atoms with Gasteiger partial charge in [-0.1, -0.05) is 12.0 Å². The maximum Gasteiger partial charge on any atom is 0.127 e. The fourth-order valence-electron chi connectivity index (χ4n) is 0.643. The molecular formula is C6H14O4. The third kappa shape index (κ3) is 2.62. The first kappa shape index (κ1) is 9.84. The number of aliphatic hydroxyl groups is 1. The maximum absolute atomic E-state index is 9.20. The van der Waals surface area contributed by atoms with E-state index in [-0.39, 0.29) is 0 Å². The Kier molecular flexibility index (Phi) is 3.81. The van der Waals surface area contributed by atoms with Crippen LogP contribution < -0.4 is 0 Å². The van der Waals surface area contributed by atoms with Crippen molar-refractivity contribution in [2.75, 3.05) is 0 Å². The Bertz CT molecular complexity index is 91.7. The number of aliphatic hydroxyl groups excluding tert-OH is 1. The van der Waals surface area contributed by atoms with Gasteiger partial charge in [-0.3, -0.25) is 0 Å². The summed E-state index contributed by atoms with van der Waals surface area (Å²) >= 11 is 0. The molecule has 0 saturated heterocycles. The summed E-state index contributed by atoms with van der Waals surface area (Å²) in [5, 5.41) is 20.6. The van der Waals surface area contributed by atoms with Gasteiger partial charge in [-0.2, -0.15) is 4.89 Å². The van der Waals surface area contributed by atoms with Gasteiger partial charge in [0.15, 0.2) is 0 Å². The second-order valence-corrected chi connectivity index (χ2v) is 2.69. The van der Waals surface area contributed by atoms with Gasteiger partial charge in [0, 0.05) is 0 Å². The predicted octanol–water partition coefficient (Wildman–Crippen LogP) is 0.957. The molecule has 0 bridgehead atoms. The second kappa shape index (κ2) is 3.88. The third-order valence-corrected chi connectivity index (χ3v) is 1.44. The van der Waals surface area contributed by atoms with Crippen molar-refractivity contribution < 1.29 is 20.3 Å². The van der Waals surface area contributed by atoms with Gasteiger partial charge in [0.05, 0.1) is 6.10 Å². The van der Waals surface area contributed by atoms with E-state index in [1.54, 1.807) is 13.8 Å². The summed E-state index contributed by atoms with van der Waals surface area (Å²) in [6.07, 6.45) is -0.0873. The van der Waals surface area contributed by atoms with E-state index in [1.165, 1.54) is 0 Å². The first-order valence-electron chi connectivity index (χ1n) is 3.22. The summed E-state index contributed by atoms with van der Waals surface area (Å²) in [6, 6.07) is 0. The van der Waals surface area contributed by atoms with E-state index in [1.807, 2.05) is 6.92 Å². The molecule has 4 nitrogen and oxygen atoms in total. The zero-order valence-corrected chi connectivity index (χ0v) is 6.50. The Labute approximate surface area is 60.2 Å². The Morgan fingerprint density at radius 3 is 2.30 bits per heavy atom. The average Bonchev–Trinajstić information content (AvgIpc) is 1.86. The van der Waals surface area contributed by atoms with Crippen molar-refractivity contribution in [3.8, 4) is 0 Å². The molecule has 0 rings (SSSR count). The Hall–Kier alpha value is -0.160. The lowest BCUT2D eigenvalue weighted by molar-refractivity contribution is -0.527. The van der Waals surface area contributed by atoms with Gasteiger partial charge in [0.25, 0.3) is 0 Å². The van der Waals surface area contributed by atoms with Crippen LogP contribution in [0.25, 0.3) is 0 Å². The Balaban J connectivity index is 3.82. The summed E-state index contributed by atoms with van der Waals surface area (Å²) < 4.78 is 0. The Morgan fingerprint density at radius 2 is 2.00 bits per heavy atom. The molecule has 62 valence electrons. The van der Waals surface area contributed by atoms with Gasteiger partial charge in [-0.05, 0) is 20.3 Å². The monoisotopic (exact) mass is 150 g/mol. The fourth-order valence-corrected chi connectivity index (χ4v) is 0.643. The maximum atomic E-state index is 9.20. The third-order valence-electron chi connectivity index (χ3n) is 1.44. The highest BCUT2D eigenvalue weighted by Crippen LogP contribution is 2.16. The SMILES string of the molecule is CCC(O)C(C)(C)OOO. The topological polar surface area (TPSA) is 58.9 Å². The van der Waals surface area contributed by atoms with Gasteiger partial charge in [-0.15, -0.1) is 0 Å². The predicted molar refractivity (Wildman–Crippen MR) is 35.2 cm³/mol. The first-order valence-corrected chi connectivity index (χ1v) is 3.22. The van der Waals surface area contributed by atoms with Crippen molar-refractivity contribution in [2.24, 2.45) is 0 Å². The van der Waals surface area contributed by atoms with Crippen molar-refractivity contribution in [3.05, 3.63) is 0 Å². The quantitative estimate of drug-likeness (QED) is 0.463. The number of rotatable bonds is 4. The van der Waals surface area contributed by atoms with Crippen LogP contribution in [0.15, 0.2) is 0 Å². The molecule has 0 aliphatic rings.